The maximum absolute atomic E-state index is 15.2. The highest BCUT2D eigenvalue weighted by Gasteiger charge is 2.50. The van der Waals surface area contributed by atoms with Gasteiger partial charge in [0.2, 0.25) is 0 Å². The van der Waals surface area contributed by atoms with Gasteiger partial charge in [-0.05, 0) is 29.8 Å². The van der Waals surface area contributed by atoms with Crippen molar-refractivity contribution < 1.29 is 26.4 Å². The van der Waals surface area contributed by atoms with Crippen molar-refractivity contribution in [2.75, 3.05) is 18.6 Å². The average molecular weight is 570 g/mol. The Hall–Kier alpha value is -3.71. The molecule has 4 N–H and O–H groups in total. The molecule has 12 heteroatoms. The van der Waals surface area contributed by atoms with Crippen LogP contribution in [0.5, 0.6) is 0 Å². The Bertz CT molecular complexity index is 1570. The van der Waals surface area contributed by atoms with Crippen LogP contribution in [-0.2, 0) is 33.4 Å². The van der Waals surface area contributed by atoms with Crippen LogP contribution < -0.4 is 16.4 Å². The highest BCUT2D eigenvalue weighted by Crippen LogP contribution is 2.43. The molecule has 2 atom stereocenters. The lowest BCUT2D eigenvalue weighted by Crippen LogP contribution is -2.58. The molecule has 1 aliphatic heterocycles. The van der Waals surface area contributed by atoms with Crippen LogP contribution >= 0.6 is 0 Å². The number of sulfone groups is 1. The van der Waals surface area contributed by atoms with Gasteiger partial charge in [-0.15, -0.1) is 0 Å². The second-order valence-corrected chi connectivity index (χ2v) is 12.0. The highest BCUT2D eigenvalue weighted by molar-refractivity contribution is 7.90. The van der Waals surface area contributed by atoms with E-state index in [9.17, 15) is 8.42 Å². The van der Waals surface area contributed by atoms with Crippen molar-refractivity contribution in [1.82, 2.24) is 15.6 Å². The van der Waals surface area contributed by atoms with Crippen molar-refractivity contribution >= 4 is 21.9 Å². The summed E-state index contributed by atoms with van der Waals surface area (Å²) < 4.78 is 64.8. The largest absolute Gasteiger partial charge is 0.458 e. The van der Waals surface area contributed by atoms with E-state index in [2.05, 4.69) is 20.6 Å². The number of fused-ring (bicyclic) bond motifs is 1. The summed E-state index contributed by atoms with van der Waals surface area (Å²) in [6.07, 6.45) is 6.03. The van der Waals surface area contributed by atoms with E-state index in [1.165, 1.54) is 30.9 Å². The summed E-state index contributed by atoms with van der Waals surface area (Å²) in [5, 5.41) is 5.99. The molecule has 0 saturated carbocycles. The lowest BCUT2D eigenvalue weighted by Gasteiger charge is -2.41. The third-order valence-electron chi connectivity index (χ3n) is 6.61. The molecule has 40 heavy (non-hydrogen) atoms. The minimum atomic E-state index is -3.31. The first kappa shape index (κ1) is 27.8. The Morgan fingerprint density at radius 3 is 2.77 bits per heavy atom. The zero-order valence-electron chi connectivity index (χ0n) is 21.7. The van der Waals surface area contributed by atoms with Crippen LogP contribution in [0.25, 0.3) is 11.5 Å². The smallest absolute Gasteiger partial charge is 0.296 e. The number of aromatic nitrogens is 1. The number of pyridine rings is 1. The molecule has 2 unspecified atom stereocenters. The van der Waals surface area contributed by atoms with Crippen LogP contribution in [0.4, 0.5) is 14.5 Å². The zero-order chi connectivity index (χ0) is 28.4. The van der Waals surface area contributed by atoms with Gasteiger partial charge in [0, 0.05) is 23.9 Å². The third kappa shape index (κ3) is 6.04. The van der Waals surface area contributed by atoms with E-state index in [4.69, 9.17) is 14.9 Å². The van der Waals surface area contributed by atoms with Crippen LogP contribution in [0.15, 0.2) is 87.9 Å². The maximum atomic E-state index is 15.2. The van der Waals surface area contributed by atoms with Crippen LogP contribution in [0.3, 0.4) is 0 Å². The second-order valence-electron chi connectivity index (χ2n) is 9.70. The van der Waals surface area contributed by atoms with Gasteiger partial charge in [0.25, 0.3) is 5.92 Å². The van der Waals surface area contributed by atoms with Gasteiger partial charge < -0.3 is 25.5 Å². The minimum absolute atomic E-state index is 0.0131. The fourth-order valence-electron chi connectivity index (χ4n) is 4.56. The molecule has 9 nitrogen and oxygen atoms in total. The predicted octanol–water partition coefficient (Wildman–Crippen LogP) is 3.57. The van der Waals surface area contributed by atoms with Crippen molar-refractivity contribution in [1.29, 1.82) is 0 Å². The number of nitrogens with two attached hydrogens (primary N) is 1. The van der Waals surface area contributed by atoms with E-state index >= 15 is 8.78 Å². The lowest BCUT2D eigenvalue weighted by molar-refractivity contribution is -0.100. The van der Waals surface area contributed by atoms with Crippen molar-refractivity contribution in [2.45, 2.75) is 30.8 Å². The van der Waals surface area contributed by atoms with E-state index in [0.29, 0.717) is 35.0 Å². The molecular formula is C28H29F2N5O4S. The van der Waals surface area contributed by atoms with Gasteiger partial charge in [0.1, 0.15) is 27.0 Å². The molecule has 0 radical (unpaired) electrons. The average Bonchev–Trinajstić information content (AvgIpc) is 3.39. The number of aliphatic imine (C=N–C) groups is 1. The Morgan fingerprint density at radius 2 is 2.00 bits per heavy atom. The summed E-state index contributed by atoms with van der Waals surface area (Å²) in [7, 11) is -3.07. The van der Waals surface area contributed by atoms with E-state index in [1.807, 2.05) is 18.2 Å². The van der Waals surface area contributed by atoms with Crippen molar-refractivity contribution in [3.8, 4) is 11.5 Å². The molecular weight excluding hydrogens is 540 g/mol. The molecule has 210 valence electrons. The number of nitrogens with one attached hydrogen (secondary N) is 2. The van der Waals surface area contributed by atoms with Gasteiger partial charge in [0.15, 0.2) is 11.9 Å². The number of rotatable bonds is 10. The summed E-state index contributed by atoms with van der Waals surface area (Å²) in [6, 6.07) is 14.2. The van der Waals surface area contributed by atoms with Crippen LogP contribution in [0.2, 0.25) is 0 Å². The molecule has 0 bridgehead atoms. The Kier molecular flexibility index (Phi) is 7.69. The number of ether oxygens (including phenoxy) is 1. The minimum Gasteiger partial charge on any atom is -0.458 e. The summed E-state index contributed by atoms with van der Waals surface area (Å²) in [5.74, 6) is -2.29. The highest BCUT2D eigenvalue weighted by atomic mass is 32.2. The number of nitrogens with zero attached hydrogens (tertiary/aromatic N) is 2. The summed E-state index contributed by atoms with van der Waals surface area (Å²) in [4.78, 5) is 8.74. The number of furan rings is 1. The normalized spacial score (nSPS) is 21.5. The monoisotopic (exact) mass is 569 g/mol. The number of halogens is 2. The van der Waals surface area contributed by atoms with Gasteiger partial charge in [0.05, 0.1) is 37.1 Å². The Morgan fingerprint density at radius 1 is 1.20 bits per heavy atom. The van der Waals surface area contributed by atoms with E-state index in [0.717, 1.165) is 11.6 Å². The van der Waals surface area contributed by atoms with Gasteiger partial charge in [-0.2, -0.15) is 8.78 Å². The van der Waals surface area contributed by atoms with E-state index < -0.39 is 27.5 Å². The predicted molar refractivity (Wildman–Crippen MR) is 148 cm³/mol. The molecule has 1 aromatic carbocycles. The van der Waals surface area contributed by atoms with Crippen molar-refractivity contribution in [3.63, 3.8) is 0 Å². The number of alkyl halides is 2. The quantitative estimate of drug-likeness (QED) is 0.316. The first-order valence-corrected chi connectivity index (χ1v) is 14.6. The van der Waals surface area contributed by atoms with E-state index in [-0.39, 0.29) is 24.5 Å². The fourth-order valence-corrected chi connectivity index (χ4v) is 5.07. The summed E-state index contributed by atoms with van der Waals surface area (Å²) in [6.45, 7) is 0.577. The molecule has 5 rings (SSSR count). The fraction of sp³-hybridized carbons (Fsp3) is 0.286. The van der Waals surface area contributed by atoms with Crippen molar-refractivity contribution in [3.05, 3.63) is 95.4 Å². The first-order chi connectivity index (χ1) is 19.1. The SMILES string of the molecule is CS(=O)(=O)CCNCc1ccc(-c2cc3c(cn2)N=CNC3(N)C2=CC=CC(F)(F)C2OCc2ccccc2)o1. The molecule has 2 aliphatic rings. The lowest BCUT2D eigenvalue weighted by atomic mass is 9.82. The summed E-state index contributed by atoms with van der Waals surface area (Å²) >= 11 is 0. The first-order valence-electron chi connectivity index (χ1n) is 12.6. The third-order valence-corrected chi connectivity index (χ3v) is 7.55. The second kappa shape index (κ2) is 11.0. The number of allylic oxidation sites excluding steroid dienone is 2. The standard InChI is InChI=1S/C28H29F2N5O4S/c1-40(36,37)13-12-32-15-20-9-10-25(39-20)23-14-22-24(16-33-23)34-18-35-28(22,31)21-8-5-11-27(29,30)26(21)38-17-19-6-3-2-4-7-19/h2-11,14,16,18,26,32H,12-13,15,17,31H2,1H3,(H,34,35). The number of hydrogen-bond acceptors (Lipinski definition) is 9. The molecule has 0 fully saturated rings. The maximum Gasteiger partial charge on any atom is 0.296 e. The molecule has 3 heterocycles. The molecule has 1 aliphatic carbocycles. The van der Waals surface area contributed by atoms with Crippen LogP contribution in [0.1, 0.15) is 16.9 Å². The summed E-state index contributed by atoms with van der Waals surface area (Å²) in [5.41, 5.74) is 7.44. The van der Waals surface area contributed by atoms with Crippen molar-refractivity contribution in [2.24, 2.45) is 10.7 Å². The Labute approximate surface area is 230 Å². The van der Waals surface area contributed by atoms with Gasteiger partial charge in [-0.3, -0.25) is 4.98 Å². The van der Waals surface area contributed by atoms with Gasteiger partial charge >= 0.3 is 0 Å². The topological polar surface area (TPSA) is 132 Å². The van der Waals surface area contributed by atoms with Crippen LogP contribution in [0, 0.1) is 0 Å². The Balaban J connectivity index is 1.41. The number of hydrogen-bond donors (Lipinski definition) is 3. The van der Waals surface area contributed by atoms with Gasteiger partial charge in [-0.25, -0.2) is 13.4 Å². The van der Waals surface area contributed by atoms with Crippen LogP contribution in [-0.4, -0.2) is 50.3 Å². The molecule has 3 aromatic rings. The van der Waals surface area contributed by atoms with E-state index in [1.54, 1.807) is 30.3 Å². The molecule has 0 amide bonds. The zero-order valence-corrected chi connectivity index (χ0v) is 22.5. The number of benzene rings is 1. The molecule has 2 aromatic heterocycles. The molecule has 0 spiro atoms. The molecule has 0 saturated heterocycles. The van der Waals surface area contributed by atoms with Gasteiger partial charge in [-0.1, -0.05) is 42.5 Å².